The zero-order valence-corrected chi connectivity index (χ0v) is 25.3. The Kier molecular flexibility index (Phi) is 9.60. The number of nitrogens with one attached hydrogen (secondary N) is 2. The van der Waals surface area contributed by atoms with E-state index in [1.54, 1.807) is 4.90 Å². The monoisotopic (exact) mass is 588 g/mol. The van der Waals surface area contributed by atoms with E-state index < -0.39 is 6.04 Å². The number of carbonyl (C=O) groups is 4. The van der Waals surface area contributed by atoms with Gasteiger partial charge in [0, 0.05) is 70.6 Å². The largest absolute Gasteiger partial charge is 0.378 e. The van der Waals surface area contributed by atoms with E-state index in [1.165, 1.54) is 11.3 Å². The van der Waals surface area contributed by atoms with Crippen molar-refractivity contribution < 1.29 is 23.9 Å². The third-order valence-corrected chi connectivity index (χ3v) is 10.1. The van der Waals surface area contributed by atoms with Gasteiger partial charge in [0.15, 0.2) is 0 Å². The molecule has 4 atom stereocenters. The first-order valence-corrected chi connectivity index (χ1v) is 16.0. The van der Waals surface area contributed by atoms with Gasteiger partial charge in [-0.15, -0.1) is 11.3 Å². The van der Waals surface area contributed by atoms with E-state index in [1.807, 2.05) is 16.7 Å². The third kappa shape index (κ3) is 7.09. The highest BCUT2D eigenvalue weighted by molar-refractivity contribution is 7.13. The fourth-order valence-corrected chi connectivity index (χ4v) is 7.75. The molecule has 4 aliphatic heterocycles. The molecule has 41 heavy (non-hydrogen) atoms. The quantitative estimate of drug-likeness (QED) is 0.542. The van der Waals surface area contributed by atoms with Gasteiger partial charge in [-0.25, -0.2) is 4.98 Å². The first-order valence-electron chi connectivity index (χ1n) is 15.1. The number of rotatable bonds is 4. The molecule has 0 saturated carbocycles. The SMILES string of the molecule is Cc1nc2sc1C(=O)N1CC[C@@H](CC(=O)N3CCOCC3)[C@@H](CC(=O)N3CC[C@@H](NC(C)C)C[C@H]3C(=O)NCC2)C1. The van der Waals surface area contributed by atoms with Crippen LogP contribution in [0.15, 0.2) is 0 Å². The van der Waals surface area contributed by atoms with Crippen LogP contribution in [-0.4, -0.2) is 114 Å². The van der Waals surface area contributed by atoms with Gasteiger partial charge in [0.1, 0.15) is 10.9 Å². The molecule has 12 heteroatoms. The van der Waals surface area contributed by atoms with E-state index in [0.29, 0.717) is 88.7 Å². The molecule has 3 fully saturated rings. The Labute approximate surface area is 246 Å². The van der Waals surface area contributed by atoms with Crippen molar-refractivity contribution in [2.24, 2.45) is 11.8 Å². The summed E-state index contributed by atoms with van der Waals surface area (Å²) in [6, 6.07) is -0.117. The Hall–Kier alpha value is -2.57. The maximum Gasteiger partial charge on any atom is 0.265 e. The zero-order valence-electron chi connectivity index (χ0n) is 24.5. The molecule has 3 saturated heterocycles. The molecule has 226 valence electrons. The number of piperidine rings is 2. The van der Waals surface area contributed by atoms with Gasteiger partial charge < -0.3 is 30.1 Å². The lowest BCUT2D eigenvalue weighted by atomic mass is 9.80. The summed E-state index contributed by atoms with van der Waals surface area (Å²) in [4.78, 5) is 65.0. The third-order valence-electron chi connectivity index (χ3n) is 8.88. The van der Waals surface area contributed by atoms with E-state index in [-0.39, 0.29) is 54.0 Å². The maximum absolute atomic E-state index is 13.9. The molecule has 2 N–H and O–H groups in total. The number of nitrogens with zero attached hydrogens (tertiary/aromatic N) is 4. The number of amides is 4. The number of aromatic nitrogens is 1. The number of thiazole rings is 1. The minimum Gasteiger partial charge on any atom is -0.378 e. The van der Waals surface area contributed by atoms with Crippen LogP contribution in [0.5, 0.6) is 0 Å². The summed E-state index contributed by atoms with van der Waals surface area (Å²) in [5.41, 5.74) is 0.701. The summed E-state index contributed by atoms with van der Waals surface area (Å²) < 4.78 is 5.42. The van der Waals surface area contributed by atoms with Crippen LogP contribution in [-0.2, 0) is 25.5 Å². The summed E-state index contributed by atoms with van der Waals surface area (Å²) in [7, 11) is 0. The van der Waals surface area contributed by atoms with Crippen LogP contribution in [0.1, 0.15) is 66.3 Å². The van der Waals surface area contributed by atoms with Crippen LogP contribution in [0, 0.1) is 18.8 Å². The van der Waals surface area contributed by atoms with Crippen molar-refractivity contribution in [3.05, 3.63) is 15.6 Å². The molecule has 1 aromatic heterocycles. The molecule has 0 aromatic carbocycles. The lowest BCUT2D eigenvalue weighted by molar-refractivity contribution is -0.145. The Bertz CT molecular complexity index is 1130. The second-order valence-corrected chi connectivity index (χ2v) is 13.3. The van der Waals surface area contributed by atoms with Gasteiger partial charge in [-0.05, 0) is 38.0 Å². The minimum absolute atomic E-state index is 0.0143. The molecule has 0 unspecified atom stereocenters. The molecule has 0 aliphatic carbocycles. The Balaban J connectivity index is 1.40. The highest BCUT2D eigenvalue weighted by Crippen LogP contribution is 2.33. The molecule has 11 nitrogen and oxygen atoms in total. The van der Waals surface area contributed by atoms with Crippen molar-refractivity contribution in [2.45, 2.75) is 77.4 Å². The van der Waals surface area contributed by atoms with Crippen LogP contribution in [0.3, 0.4) is 0 Å². The van der Waals surface area contributed by atoms with E-state index in [9.17, 15) is 19.2 Å². The highest BCUT2D eigenvalue weighted by Gasteiger charge is 2.41. The average Bonchev–Trinajstić information content (AvgIpc) is 3.33. The highest BCUT2D eigenvalue weighted by atomic mass is 32.1. The molecular formula is C29H44N6O5S. The lowest BCUT2D eigenvalue weighted by Crippen LogP contribution is -2.58. The molecule has 4 amide bonds. The molecule has 0 spiro atoms. The van der Waals surface area contributed by atoms with Crippen molar-refractivity contribution >= 4 is 35.0 Å². The van der Waals surface area contributed by atoms with E-state index in [4.69, 9.17) is 4.74 Å². The van der Waals surface area contributed by atoms with Gasteiger partial charge in [-0.3, -0.25) is 19.2 Å². The Morgan fingerprint density at radius 1 is 1.15 bits per heavy atom. The van der Waals surface area contributed by atoms with Gasteiger partial charge >= 0.3 is 0 Å². The van der Waals surface area contributed by atoms with Crippen molar-refractivity contribution in [3.8, 4) is 0 Å². The van der Waals surface area contributed by atoms with Gasteiger partial charge in [-0.2, -0.15) is 0 Å². The number of hydrogen-bond donors (Lipinski definition) is 2. The van der Waals surface area contributed by atoms with Crippen molar-refractivity contribution in [2.75, 3.05) is 52.5 Å². The topological polar surface area (TPSA) is 124 Å². The second-order valence-electron chi connectivity index (χ2n) is 12.2. The smallest absolute Gasteiger partial charge is 0.265 e. The molecular weight excluding hydrogens is 544 g/mol. The fourth-order valence-electron chi connectivity index (χ4n) is 6.72. The van der Waals surface area contributed by atoms with E-state index >= 15 is 0 Å². The summed E-state index contributed by atoms with van der Waals surface area (Å²) in [6.45, 7) is 10.2. The number of morpholine rings is 1. The molecule has 4 aliphatic rings. The molecule has 0 radical (unpaired) electrons. The predicted octanol–water partition coefficient (Wildman–Crippen LogP) is 1.20. The Morgan fingerprint density at radius 3 is 2.68 bits per heavy atom. The summed E-state index contributed by atoms with van der Waals surface area (Å²) in [5, 5.41) is 7.41. The number of fused-ring (bicyclic) bond motifs is 5. The molecule has 5 heterocycles. The number of aryl methyl sites for hydroxylation is 1. The summed E-state index contributed by atoms with van der Waals surface area (Å²) in [6.07, 6.45) is 3.10. The number of ether oxygens (including phenoxy) is 1. The molecule has 5 rings (SSSR count). The summed E-state index contributed by atoms with van der Waals surface area (Å²) in [5.74, 6) is -0.363. The first-order chi connectivity index (χ1) is 19.7. The average molecular weight is 589 g/mol. The standard InChI is InChI=1S/C29H44N6O5S/c1-18(2)31-22-6-9-35-23(16-22)28(38)30-7-4-24-32-19(3)27(41-24)29(39)34-8-5-20(21(17-34)15-26(35)37)14-25(36)33-10-12-40-13-11-33/h18,20-23,31H,4-17H2,1-3H3,(H,30,38)/t20-,21-,22+,23-/m0/s1. The lowest BCUT2D eigenvalue weighted by Gasteiger charge is -2.42. The van der Waals surface area contributed by atoms with E-state index in [2.05, 4.69) is 29.5 Å². The summed E-state index contributed by atoms with van der Waals surface area (Å²) >= 11 is 1.39. The van der Waals surface area contributed by atoms with Crippen LogP contribution in [0.2, 0.25) is 0 Å². The molecule has 1 aromatic rings. The van der Waals surface area contributed by atoms with Crippen molar-refractivity contribution in [3.63, 3.8) is 0 Å². The number of carbonyl (C=O) groups excluding carboxylic acids is 4. The van der Waals surface area contributed by atoms with Gasteiger partial charge in [0.25, 0.3) is 5.91 Å². The number of hydrogen-bond acceptors (Lipinski definition) is 8. The minimum atomic E-state index is -0.555. The van der Waals surface area contributed by atoms with Gasteiger partial charge in [0.2, 0.25) is 17.7 Å². The fraction of sp³-hybridized carbons (Fsp3) is 0.759. The van der Waals surface area contributed by atoms with Crippen LogP contribution in [0.4, 0.5) is 0 Å². The van der Waals surface area contributed by atoms with Crippen LogP contribution >= 0.6 is 11.3 Å². The van der Waals surface area contributed by atoms with Gasteiger partial charge in [-0.1, -0.05) is 13.8 Å². The van der Waals surface area contributed by atoms with Crippen molar-refractivity contribution in [1.82, 2.24) is 30.3 Å². The van der Waals surface area contributed by atoms with E-state index in [0.717, 1.165) is 11.4 Å². The second kappa shape index (κ2) is 13.2. The normalized spacial score (nSPS) is 28.2. The van der Waals surface area contributed by atoms with Crippen molar-refractivity contribution in [1.29, 1.82) is 0 Å². The van der Waals surface area contributed by atoms with Crippen LogP contribution < -0.4 is 10.6 Å². The zero-order chi connectivity index (χ0) is 29.1. The predicted molar refractivity (Wildman–Crippen MR) is 154 cm³/mol. The maximum atomic E-state index is 13.9. The van der Waals surface area contributed by atoms with Crippen LogP contribution in [0.25, 0.3) is 0 Å². The Morgan fingerprint density at radius 2 is 1.93 bits per heavy atom. The first kappa shape index (κ1) is 29.9. The van der Waals surface area contributed by atoms with Gasteiger partial charge in [0.05, 0.1) is 23.9 Å². The molecule has 4 bridgehead atoms.